The third-order valence-corrected chi connectivity index (χ3v) is 2.29. The van der Waals surface area contributed by atoms with Crippen molar-refractivity contribution in [3.8, 4) is 0 Å². The minimum absolute atomic E-state index is 0.0569. The first-order chi connectivity index (χ1) is 8.47. The summed E-state index contributed by atoms with van der Waals surface area (Å²) in [6.07, 6.45) is 0. The number of anilines is 3. The molecule has 0 amide bonds. The van der Waals surface area contributed by atoms with Gasteiger partial charge in [-0.25, -0.2) is 17.6 Å². The van der Waals surface area contributed by atoms with E-state index < -0.39 is 23.3 Å². The summed E-state index contributed by atoms with van der Waals surface area (Å²) in [6, 6.07) is 4.56. The fraction of sp³-hybridized carbons (Fsp3) is 0. The van der Waals surface area contributed by atoms with Crippen LogP contribution in [0.3, 0.4) is 0 Å². The van der Waals surface area contributed by atoms with Gasteiger partial charge in [0.2, 0.25) is 0 Å². The number of nitrogens with two attached hydrogens (primary N) is 1. The van der Waals surface area contributed by atoms with Gasteiger partial charge in [0.05, 0.1) is 11.4 Å². The van der Waals surface area contributed by atoms with E-state index in [1.165, 1.54) is 6.07 Å². The molecule has 0 heterocycles. The highest BCUT2D eigenvalue weighted by molar-refractivity contribution is 5.72. The molecule has 0 saturated heterocycles. The van der Waals surface area contributed by atoms with E-state index in [-0.39, 0.29) is 17.1 Å². The predicted molar refractivity (Wildman–Crippen MR) is 60.4 cm³/mol. The van der Waals surface area contributed by atoms with E-state index in [1.807, 2.05) is 0 Å². The van der Waals surface area contributed by atoms with Crippen molar-refractivity contribution in [2.45, 2.75) is 0 Å². The van der Waals surface area contributed by atoms with Gasteiger partial charge in [-0.2, -0.15) is 0 Å². The lowest BCUT2D eigenvalue weighted by Gasteiger charge is -2.10. The summed E-state index contributed by atoms with van der Waals surface area (Å²) in [7, 11) is 0. The Morgan fingerprint density at radius 2 is 1.56 bits per heavy atom. The second-order valence-corrected chi connectivity index (χ2v) is 3.60. The zero-order chi connectivity index (χ0) is 13.3. The fourth-order valence-corrected chi connectivity index (χ4v) is 1.42. The summed E-state index contributed by atoms with van der Waals surface area (Å²) in [5.41, 5.74) is 5.16. The molecule has 0 saturated carbocycles. The van der Waals surface area contributed by atoms with Gasteiger partial charge in [0.15, 0.2) is 17.5 Å². The van der Waals surface area contributed by atoms with E-state index in [4.69, 9.17) is 5.73 Å². The molecule has 2 rings (SSSR count). The van der Waals surface area contributed by atoms with Crippen molar-refractivity contribution in [1.29, 1.82) is 0 Å². The molecule has 3 N–H and O–H groups in total. The molecule has 18 heavy (non-hydrogen) atoms. The predicted octanol–water partition coefficient (Wildman–Crippen LogP) is 3.57. The minimum Gasteiger partial charge on any atom is -0.395 e. The van der Waals surface area contributed by atoms with Crippen LogP contribution in [-0.2, 0) is 0 Å². The highest BCUT2D eigenvalue weighted by Crippen LogP contribution is 2.27. The Kier molecular flexibility index (Phi) is 3.10. The summed E-state index contributed by atoms with van der Waals surface area (Å²) in [4.78, 5) is 0. The summed E-state index contributed by atoms with van der Waals surface area (Å²) in [5, 5.41) is 2.51. The monoisotopic (exact) mass is 256 g/mol. The lowest BCUT2D eigenvalue weighted by Crippen LogP contribution is -2.00. The molecule has 0 fully saturated rings. The number of halogens is 4. The molecule has 6 heteroatoms. The van der Waals surface area contributed by atoms with Crippen LogP contribution in [0.1, 0.15) is 0 Å². The molecule has 94 valence electrons. The molecular formula is C12H8F4N2. The summed E-state index contributed by atoms with van der Waals surface area (Å²) in [5.74, 6) is -3.85. The van der Waals surface area contributed by atoms with Gasteiger partial charge in [-0.3, -0.25) is 0 Å². The molecule has 0 aliphatic carbocycles. The Hall–Kier alpha value is -2.24. The molecule has 0 unspecified atom stereocenters. The van der Waals surface area contributed by atoms with Crippen molar-refractivity contribution in [3.63, 3.8) is 0 Å². The summed E-state index contributed by atoms with van der Waals surface area (Å²) in [6.45, 7) is 0. The number of benzene rings is 2. The van der Waals surface area contributed by atoms with E-state index in [9.17, 15) is 17.6 Å². The van der Waals surface area contributed by atoms with Gasteiger partial charge in [-0.15, -0.1) is 0 Å². The van der Waals surface area contributed by atoms with Crippen LogP contribution in [0.5, 0.6) is 0 Å². The van der Waals surface area contributed by atoms with E-state index in [1.54, 1.807) is 0 Å². The van der Waals surface area contributed by atoms with Crippen molar-refractivity contribution >= 4 is 17.1 Å². The SMILES string of the molecule is Nc1c(F)cc(F)cc1Nc1ccc(F)c(F)c1. The van der Waals surface area contributed by atoms with Gasteiger partial charge < -0.3 is 11.1 Å². The largest absolute Gasteiger partial charge is 0.395 e. The van der Waals surface area contributed by atoms with Gasteiger partial charge in [0, 0.05) is 17.8 Å². The van der Waals surface area contributed by atoms with Gasteiger partial charge in [-0.05, 0) is 18.2 Å². The number of nitrogen functional groups attached to an aromatic ring is 1. The van der Waals surface area contributed by atoms with Crippen molar-refractivity contribution < 1.29 is 17.6 Å². The fourth-order valence-electron chi connectivity index (χ4n) is 1.42. The number of hydrogen-bond acceptors (Lipinski definition) is 2. The maximum Gasteiger partial charge on any atom is 0.160 e. The molecule has 2 nitrogen and oxygen atoms in total. The van der Waals surface area contributed by atoms with Gasteiger partial charge in [-0.1, -0.05) is 0 Å². The first-order valence-corrected chi connectivity index (χ1v) is 4.94. The zero-order valence-corrected chi connectivity index (χ0v) is 8.98. The average Bonchev–Trinajstić information content (AvgIpc) is 2.30. The van der Waals surface area contributed by atoms with Crippen molar-refractivity contribution in [2.24, 2.45) is 0 Å². The quantitative estimate of drug-likeness (QED) is 0.636. The Morgan fingerprint density at radius 1 is 0.833 bits per heavy atom. The Balaban J connectivity index is 2.36. The second kappa shape index (κ2) is 4.56. The van der Waals surface area contributed by atoms with Crippen LogP contribution in [-0.4, -0.2) is 0 Å². The zero-order valence-electron chi connectivity index (χ0n) is 8.98. The molecule has 0 radical (unpaired) electrons. The number of rotatable bonds is 2. The summed E-state index contributed by atoms with van der Waals surface area (Å²) < 4.78 is 51.8. The molecular weight excluding hydrogens is 248 g/mol. The lowest BCUT2D eigenvalue weighted by molar-refractivity contribution is 0.509. The van der Waals surface area contributed by atoms with Crippen LogP contribution < -0.4 is 11.1 Å². The highest BCUT2D eigenvalue weighted by Gasteiger charge is 2.09. The molecule has 0 aliphatic heterocycles. The number of hydrogen-bond donors (Lipinski definition) is 2. The Labute approximate surface area is 100 Å². The van der Waals surface area contributed by atoms with Gasteiger partial charge >= 0.3 is 0 Å². The standard InChI is InChI=1S/C12H8F4N2/c13-6-3-10(16)12(17)11(4-6)18-7-1-2-8(14)9(15)5-7/h1-5,18H,17H2. The van der Waals surface area contributed by atoms with Crippen molar-refractivity contribution in [1.82, 2.24) is 0 Å². The molecule has 0 spiro atoms. The van der Waals surface area contributed by atoms with E-state index >= 15 is 0 Å². The normalized spacial score (nSPS) is 10.4. The third-order valence-electron chi connectivity index (χ3n) is 2.29. The number of nitrogens with one attached hydrogen (secondary N) is 1. The van der Waals surface area contributed by atoms with Crippen molar-refractivity contribution in [2.75, 3.05) is 11.1 Å². The van der Waals surface area contributed by atoms with Crippen LogP contribution in [0.25, 0.3) is 0 Å². The average molecular weight is 256 g/mol. The first kappa shape index (κ1) is 12.2. The maximum absolute atomic E-state index is 13.1. The smallest absolute Gasteiger partial charge is 0.160 e. The van der Waals surface area contributed by atoms with E-state index in [2.05, 4.69) is 5.32 Å². The Bertz CT molecular complexity index is 599. The highest BCUT2D eigenvalue weighted by atomic mass is 19.2. The van der Waals surface area contributed by atoms with Crippen LogP contribution in [0.2, 0.25) is 0 Å². The summed E-state index contributed by atoms with van der Waals surface area (Å²) >= 11 is 0. The molecule has 0 atom stereocenters. The minimum atomic E-state index is -1.07. The second-order valence-electron chi connectivity index (χ2n) is 3.60. The Morgan fingerprint density at radius 3 is 2.22 bits per heavy atom. The molecule has 0 aromatic heterocycles. The van der Waals surface area contributed by atoms with Gasteiger partial charge in [0.1, 0.15) is 5.82 Å². The topological polar surface area (TPSA) is 38.0 Å². The first-order valence-electron chi connectivity index (χ1n) is 4.94. The molecule has 0 aliphatic rings. The van der Waals surface area contributed by atoms with E-state index in [0.29, 0.717) is 6.07 Å². The lowest BCUT2D eigenvalue weighted by atomic mass is 10.2. The van der Waals surface area contributed by atoms with Crippen LogP contribution >= 0.6 is 0 Å². The molecule has 0 bridgehead atoms. The van der Waals surface area contributed by atoms with Gasteiger partial charge in [0.25, 0.3) is 0 Å². The van der Waals surface area contributed by atoms with Crippen molar-refractivity contribution in [3.05, 3.63) is 53.6 Å². The third kappa shape index (κ3) is 2.37. The van der Waals surface area contributed by atoms with E-state index in [0.717, 1.165) is 18.2 Å². The van der Waals surface area contributed by atoms with Crippen LogP contribution in [0, 0.1) is 23.3 Å². The van der Waals surface area contributed by atoms with Crippen LogP contribution in [0.4, 0.5) is 34.6 Å². The van der Waals surface area contributed by atoms with Crippen LogP contribution in [0.15, 0.2) is 30.3 Å². The maximum atomic E-state index is 13.1. The molecule has 2 aromatic rings. The molecule has 2 aromatic carbocycles.